The van der Waals surface area contributed by atoms with Crippen molar-refractivity contribution < 1.29 is 17.6 Å². The highest BCUT2D eigenvalue weighted by Gasteiger charge is 2.20. The van der Waals surface area contributed by atoms with E-state index < -0.39 is 23.3 Å². The van der Waals surface area contributed by atoms with Crippen LogP contribution in [0.1, 0.15) is 18.4 Å². The van der Waals surface area contributed by atoms with Crippen LogP contribution < -0.4 is 5.32 Å². The van der Waals surface area contributed by atoms with E-state index in [2.05, 4.69) is 5.32 Å². The van der Waals surface area contributed by atoms with Crippen LogP contribution >= 0.6 is 0 Å². The van der Waals surface area contributed by atoms with Gasteiger partial charge in [0, 0.05) is 18.2 Å². The molecule has 0 radical (unpaired) electrons. The quantitative estimate of drug-likeness (QED) is 0.659. The van der Waals surface area contributed by atoms with Crippen LogP contribution in [0, 0.1) is 23.3 Å². The smallest absolute Gasteiger partial charge is 0.194 e. The summed E-state index contributed by atoms with van der Waals surface area (Å²) in [6, 6.07) is 6.55. The molecule has 0 amide bonds. The molecule has 110 valence electrons. The zero-order chi connectivity index (χ0) is 15.0. The second-order valence-corrected chi connectivity index (χ2v) is 5.22. The van der Waals surface area contributed by atoms with Gasteiger partial charge in [-0.2, -0.15) is 0 Å². The summed E-state index contributed by atoms with van der Waals surface area (Å²) in [5, 5.41) is 3.25. The second-order valence-electron chi connectivity index (χ2n) is 5.22. The average molecular weight is 295 g/mol. The van der Waals surface area contributed by atoms with Gasteiger partial charge in [0.05, 0.1) is 0 Å². The highest BCUT2D eigenvalue weighted by Crippen LogP contribution is 2.27. The van der Waals surface area contributed by atoms with Crippen LogP contribution in [-0.2, 0) is 6.54 Å². The summed E-state index contributed by atoms with van der Waals surface area (Å²) in [7, 11) is 0. The topological polar surface area (TPSA) is 12.0 Å². The van der Waals surface area contributed by atoms with E-state index in [1.807, 2.05) is 0 Å². The third-order valence-electron chi connectivity index (χ3n) is 3.50. The van der Waals surface area contributed by atoms with Gasteiger partial charge in [0.25, 0.3) is 0 Å². The third kappa shape index (κ3) is 3.08. The van der Waals surface area contributed by atoms with Gasteiger partial charge in [-0.3, -0.25) is 0 Å². The number of hydrogen-bond donors (Lipinski definition) is 1. The molecule has 5 heteroatoms. The van der Waals surface area contributed by atoms with E-state index >= 15 is 0 Å². The Morgan fingerprint density at radius 3 is 2.14 bits per heavy atom. The SMILES string of the molecule is Fc1cc(CNC2CC2)ccc1-c1cc(F)c(F)c(F)c1. The van der Waals surface area contributed by atoms with Crippen LogP contribution in [0.5, 0.6) is 0 Å². The number of halogens is 4. The first kappa shape index (κ1) is 14.1. The molecule has 0 atom stereocenters. The molecule has 2 aromatic rings. The molecule has 0 aliphatic heterocycles. The zero-order valence-corrected chi connectivity index (χ0v) is 11.1. The monoisotopic (exact) mass is 295 g/mol. The maximum Gasteiger partial charge on any atom is 0.194 e. The highest BCUT2D eigenvalue weighted by atomic mass is 19.2. The van der Waals surface area contributed by atoms with Gasteiger partial charge in [-0.05, 0) is 42.2 Å². The van der Waals surface area contributed by atoms with Crippen molar-refractivity contribution in [2.75, 3.05) is 0 Å². The lowest BCUT2D eigenvalue weighted by atomic mass is 10.0. The Bertz CT molecular complexity index is 657. The lowest BCUT2D eigenvalue weighted by molar-refractivity contribution is 0.447. The zero-order valence-electron chi connectivity index (χ0n) is 11.1. The minimum Gasteiger partial charge on any atom is -0.310 e. The van der Waals surface area contributed by atoms with Crippen molar-refractivity contribution >= 4 is 0 Å². The standard InChI is InChI=1S/C16H13F4N/c17-13-5-9(8-21-11-2-3-11)1-4-12(13)10-6-14(18)16(20)15(19)7-10/h1,4-7,11,21H,2-3,8H2. The molecular weight excluding hydrogens is 282 g/mol. The molecule has 0 spiro atoms. The minimum atomic E-state index is -1.55. The summed E-state index contributed by atoms with van der Waals surface area (Å²) in [4.78, 5) is 0. The molecule has 1 aliphatic carbocycles. The summed E-state index contributed by atoms with van der Waals surface area (Å²) in [6.07, 6.45) is 2.27. The number of nitrogens with one attached hydrogen (secondary N) is 1. The van der Waals surface area contributed by atoms with Gasteiger partial charge in [0.2, 0.25) is 0 Å². The highest BCUT2D eigenvalue weighted by molar-refractivity contribution is 5.64. The maximum atomic E-state index is 14.1. The molecule has 0 heterocycles. The number of hydrogen-bond acceptors (Lipinski definition) is 1. The molecule has 0 saturated heterocycles. The number of rotatable bonds is 4. The van der Waals surface area contributed by atoms with Gasteiger partial charge in [0.15, 0.2) is 17.5 Å². The molecule has 0 unspecified atom stereocenters. The lowest BCUT2D eigenvalue weighted by Gasteiger charge is -2.08. The van der Waals surface area contributed by atoms with E-state index in [9.17, 15) is 17.6 Å². The molecule has 1 saturated carbocycles. The predicted octanol–water partition coefficient (Wildman–Crippen LogP) is 4.16. The maximum absolute atomic E-state index is 14.1. The number of benzene rings is 2. The van der Waals surface area contributed by atoms with Crippen molar-refractivity contribution in [1.82, 2.24) is 5.32 Å². The molecule has 3 rings (SSSR count). The Hall–Kier alpha value is -1.88. The van der Waals surface area contributed by atoms with E-state index in [4.69, 9.17) is 0 Å². The largest absolute Gasteiger partial charge is 0.310 e. The van der Waals surface area contributed by atoms with Crippen LogP contribution in [0.4, 0.5) is 17.6 Å². The molecule has 1 N–H and O–H groups in total. The molecule has 2 aromatic carbocycles. The molecule has 21 heavy (non-hydrogen) atoms. The van der Waals surface area contributed by atoms with Gasteiger partial charge in [-0.1, -0.05) is 12.1 Å². The van der Waals surface area contributed by atoms with Gasteiger partial charge >= 0.3 is 0 Å². The third-order valence-corrected chi connectivity index (χ3v) is 3.50. The summed E-state index contributed by atoms with van der Waals surface area (Å²) in [5.74, 6) is -4.80. The Morgan fingerprint density at radius 2 is 1.57 bits per heavy atom. The summed E-state index contributed by atoms with van der Waals surface area (Å²) < 4.78 is 53.4. The van der Waals surface area contributed by atoms with Gasteiger partial charge < -0.3 is 5.32 Å². The summed E-state index contributed by atoms with van der Waals surface area (Å²) in [6.45, 7) is 0.550. The van der Waals surface area contributed by atoms with Crippen LogP contribution in [-0.4, -0.2) is 6.04 Å². The van der Waals surface area contributed by atoms with E-state index in [-0.39, 0.29) is 11.1 Å². The van der Waals surface area contributed by atoms with Gasteiger partial charge in [0.1, 0.15) is 5.82 Å². The Balaban J connectivity index is 1.87. The van der Waals surface area contributed by atoms with E-state index in [1.54, 1.807) is 6.07 Å². The first-order valence-electron chi connectivity index (χ1n) is 6.71. The molecular formula is C16H13F4N. The summed E-state index contributed by atoms with van der Waals surface area (Å²) >= 11 is 0. The lowest BCUT2D eigenvalue weighted by Crippen LogP contribution is -2.15. The Labute approximate surface area is 119 Å². The fraction of sp³-hybridized carbons (Fsp3) is 0.250. The van der Waals surface area contributed by atoms with E-state index in [0.717, 1.165) is 30.5 Å². The van der Waals surface area contributed by atoms with Crippen molar-refractivity contribution in [3.63, 3.8) is 0 Å². The van der Waals surface area contributed by atoms with Crippen molar-refractivity contribution in [2.45, 2.75) is 25.4 Å². The van der Waals surface area contributed by atoms with Crippen LogP contribution in [0.15, 0.2) is 30.3 Å². The van der Waals surface area contributed by atoms with Gasteiger partial charge in [-0.25, -0.2) is 17.6 Å². The van der Waals surface area contributed by atoms with E-state index in [0.29, 0.717) is 12.6 Å². The first-order valence-corrected chi connectivity index (χ1v) is 6.71. The van der Waals surface area contributed by atoms with Crippen LogP contribution in [0.3, 0.4) is 0 Å². The average Bonchev–Trinajstić information content (AvgIpc) is 3.26. The fourth-order valence-electron chi connectivity index (χ4n) is 2.16. The van der Waals surface area contributed by atoms with Crippen LogP contribution in [0.25, 0.3) is 11.1 Å². The first-order chi connectivity index (χ1) is 10.0. The predicted molar refractivity (Wildman–Crippen MR) is 71.6 cm³/mol. The van der Waals surface area contributed by atoms with Crippen molar-refractivity contribution in [2.24, 2.45) is 0 Å². The Morgan fingerprint density at radius 1 is 0.905 bits per heavy atom. The fourth-order valence-corrected chi connectivity index (χ4v) is 2.16. The molecule has 1 fully saturated rings. The second kappa shape index (κ2) is 5.48. The normalized spacial score (nSPS) is 14.5. The summed E-state index contributed by atoms with van der Waals surface area (Å²) in [5.41, 5.74) is 0.778. The molecule has 1 nitrogen and oxygen atoms in total. The van der Waals surface area contributed by atoms with E-state index in [1.165, 1.54) is 12.1 Å². The van der Waals surface area contributed by atoms with Crippen LogP contribution in [0.2, 0.25) is 0 Å². The van der Waals surface area contributed by atoms with Crippen molar-refractivity contribution in [1.29, 1.82) is 0 Å². The molecule has 1 aliphatic rings. The van der Waals surface area contributed by atoms with Crippen molar-refractivity contribution in [3.05, 3.63) is 59.2 Å². The minimum absolute atomic E-state index is 0.0226. The Kier molecular flexibility index (Phi) is 3.68. The van der Waals surface area contributed by atoms with Gasteiger partial charge in [-0.15, -0.1) is 0 Å². The van der Waals surface area contributed by atoms with Crippen molar-refractivity contribution in [3.8, 4) is 11.1 Å². The molecule has 0 aromatic heterocycles. The molecule has 0 bridgehead atoms.